The molecule has 0 aliphatic carbocycles. The van der Waals surface area contributed by atoms with Crippen LogP contribution in [0.1, 0.15) is 66.6 Å². The topological polar surface area (TPSA) is 65.5 Å². The molecule has 1 aromatic heterocycles. The predicted octanol–water partition coefficient (Wildman–Crippen LogP) is 4.60. The summed E-state index contributed by atoms with van der Waals surface area (Å²) in [6, 6.07) is 12.1. The number of aromatic nitrogens is 1. The van der Waals surface area contributed by atoms with E-state index in [2.05, 4.69) is 11.9 Å². The van der Waals surface area contributed by atoms with E-state index in [1.165, 1.54) is 30.5 Å². The van der Waals surface area contributed by atoms with Crippen molar-refractivity contribution in [3.63, 3.8) is 0 Å². The predicted molar refractivity (Wildman–Crippen MR) is 99.4 cm³/mol. The molecule has 0 aliphatic rings. The van der Waals surface area contributed by atoms with E-state index in [1.54, 1.807) is 32.0 Å². The zero-order valence-electron chi connectivity index (χ0n) is 15.5. The van der Waals surface area contributed by atoms with E-state index in [9.17, 15) is 9.59 Å². The van der Waals surface area contributed by atoms with E-state index in [0.717, 1.165) is 12.8 Å². The number of carbonyl (C=O) groups is 2. The van der Waals surface area contributed by atoms with E-state index >= 15 is 0 Å². The zero-order valence-corrected chi connectivity index (χ0v) is 15.5. The van der Waals surface area contributed by atoms with Crippen LogP contribution in [0.2, 0.25) is 0 Å². The van der Waals surface area contributed by atoms with Crippen LogP contribution in [-0.4, -0.2) is 23.0 Å². The number of nitrogens with zero attached hydrogens (tertiary/aromatic N) is 1. The molecule has 138 valence electrons. The van der Waals surface area contributed by atoms with Crippen molar-refractivity contribution in [1.82, 2.24) is 4.98 Å². The van der Waals surface area contributed by atoms with Gasteiger partial charge in [-0.3, -0.25) is 0 Å². The molecule has 2 aromatic rings. The molecule has 5 nitrogen and oxygen atoms in total. The minimum Gasteiger partial charge on any atom is -0.458 e. The van der Waals surface area contributed by atoms with Crippen molar-refractivity contribution in [3.05, 3.63) is 59.4 Å². The molecular formula is C21H25NO4. The zero-order chi connectivity index (χ0) is 18.9. The number of unbranched alkanes of at least 4 members (excludes halogenated alkanes) is 2. The van der Waals surface area contributed by atoms with Crippen molar-refractivity contribution >= 4 is 11.9 Å². The van der Waals surface area contributed by atoms with Crippen LogP contribution in [0.4, 0.5) is 0 Å². The summed E-state index contributed by atoms with van der Waals surface area (Å²) >= 11 is 0. The molecule has 0 unspecified atom stereocenters. The van der Waals surface area contributed by atoms with Gasteiger partial charge in [0.05, 0.1) is 6.10 Å². The Labute approximate surface area is 154 Å². The molecule has 0 N–H and O–H groups in total. The molecule has 5 heteroatoms. The second kappa shape index (κ2) is 9.70. The largest absolute Gasteiger partial charge is 0.458 e. The molecule has 0 spiro atoms. The number of esters is 2. The third-order valence-electron chi connectivity index (χ3n) is 3.71. The number of hydrogen-bond donors (Lipinski definition) is 0. The Morgan fingerprint density at radius 1 is 0.962 bits per heavy atom. The van der Waals surface area contributed by atoms with Crippen molar-refractivity contribution in [2.45, 2.75) is 52.6 Å². The van der Waals surface area contributed by atoms with Crippen LogP contribution in [0.3, 0.4) is 0 Å². The first kappa shape index (κ1) is 19.6. The second-order valence-corrected chi connectivity index (χ2v) is 6.35. The van der Waals surface area contributed by atoms with Gasteiger partial charge in [-0.05, 0) is 56.5 Å². The monoisotopic (exact) mass is 355 g/mol. The van der Waals surface area contributed by atoms with Crippen LogP contribution >= 0.6 is 0 Å². The summed E-state index contributed by atoms with van der Waals surface area (Å²) in [4.78, 5) is 28.2. The standard InChI is InChI=1S/C21H25NO4/c1-4-5-6-8-16-11-13-17(14-12-16)26-21(24)19-10-7-9-18(22-19)20(23)25-15(2)3/h7,9-15H,4-6,8H2,1-3H3. The van der Waals surface area contributed by atoms with Gasteiger partial charge in [0.1, 0.15) is 17.1 Å². The highest BCUT2D eigenvalue weighted by molar-refractivity contribution is 5.92. The quantitative estimate of drug-likeness (QED) is 0.393. The lowest BCUT2D eigenvalue weighted by molar-refractivity contribution is 0.0370. The SMILES string of the molecule is CCCCCc1ccc(OC(=O)c2cccc(C(=O)OC(C)C)n2)cc1. The maximum absolute atomic E-state index is 12.3. The van der Waals surface area contributed by atoms with Crippen LogP contribution in [0, 0.1) is 0 Å². The molecule has 26 heavy (non-hydrogen) atoms. The normalized spacial score (nSPS) is 10.6. The minimum atomic E-state index is -0.608. The molecule has 0 saturated carbocycles. The molecule has 2 rings (SSSR count). The maximum Gasteiger partial charge on any atom is 0.362 e. The number of carbonyl (C=O) groups excluding carboxylic acids is 2. The highest BCUT2D eigenvalue weighted by atomic mass is 16.5. The van der Waals surface area contributed by atoms with Gasteiger partial charge in [-0.25, -0.2) is 14.6 Å². The Hall–Kier alpha value is -2.69. The minimum absolute atomic E-state index is 0.0650. The van der Waals surface area contributed by atoms with Crippen molar-refractivity contribution in [2.24, 2.45) is 0 Å². The van der Waals surface area contributed by atoms with Crippen molar-refractivity contribution in [1.29, 1.82) is 0 Å². The Bertz CT molecular complexity index is 738. The molecule has 0 fully saturated rings. The lowest BCUT2D eigenvalue weighted by Gasteiger charge is -2.08. The Morgan fingerprint density at radius 2 is 1.62 bits per heavy atom. The van der Waals surface area contributed by atoms with Gasteiger partial charge in [0.15, 0.2) is 0 Å². The summed E-state index contributed by atoms with van der Waals surface area (Å²) < 4.78 is 10.4. The van der Waals surface area contributed by atoms with Crippen molar-refractivity contribution in [3.8, 4) is 5.75 Å². The highest BCUT2D eigenvalue weighted by Gasteiger charge is 2.16. The number of aryl methyl sites for hydroxylation is 1. The van der Waals surface area contributed by atoms with Gasteiger partial charge in [-0.1, -0.05) is 38.0 Å². The molecular weight excluding hydrogens is 330 g/mol. The Morgan fingerprint density at radius 3 is 2.23 bits per heavy atom. The molecule has 0 amide bonds. The fourth-order valence-electron chi connectivity index (χ4n) is 2.40. The fourth-order valence-corrected chi connectivity index (χ4v) is 2.40. The van der Waals surface area contributed by atoms with Gasteiger partial charge in [0.25, 0.3) is 0 Å². The molecule has 0 saturated heterocycles. The number of rotatable bonds is 8. The third-order valence-corrected chi connectivity index (χ3v) is 3.71. The Kier molecular flexibility index (Phi) is 7.33. The fraction of sp³-hybridized carbons (Fsp3) is 0.381. The average Bonchev–Trinajstić information content (AvgIpc) is 2.63. The van der Waals surface area contributed by atoms with Crippen LogP contribution in [0.25, 0.3) is 0 Å². The molecule has 0 atom stereocenters. The summed E-state index contributed by atoms with van der Waals surface area (Å²) in [7, 11) is 0. The van der Waals surface area contributed by atoms with E-state index in [-0.39, 0.29) is 17.5 Å². The smallest absolute Gasteiger partial charge is 0.362 e. The van der Waals surface area contributed by atoms with Gasteiger partial charge >= 0.3 is 11.9 Å². The van der Waals surface area contributed by atoms with Gasteiger partial charge in [0.2, 0.25) is 0 Å². The van der Waals surface area contributed by atoms with E-state index < -0.39 is 11.9 Å². The third kappa shape index (κ3) is 5.99. The lowest BCUT2D eigenvalue weighted by atomic mass is 10.1. The van der Waals surface area contributed by atoms with Gasteiger partial charge in [-0.15, -0.1) is 0 Å². The lowest BCUT2D eigenvalue weighted by Crippen LogP contribution is -2.16. The van der Waals surface area contributed by atoms with Crippen LogP contribution in [0.15, 0.2) is 42.5 Å². The summed E-state index contributed by atoms with van der Waals surface area (Å²) in [5, 5.41) is 0. The first-order valence-corrected chi connectivity index (χ1v) is 8.98. The van der Waals surface area contributed by atoms with Crippen LogP contribution in [0.5, 0.6) is 5.75 Å². The van der Waals surface area contributed by atoms with Crippen LogP contribution < -0.4 is 4.74 Å². The summed E-state index contributed by atoms with van der Waals surface area (Å²) in [6.45, 7) is 5.68. The van der Waals surface area contributed by atoms with Gasteiger partial charge in [0, 0.05) is 0 Å². The van der Waals surface area contributed by atoms with Gasteiger partial charge < -0.3 is 9.47 Å². The van der Waals surface area contributed by atoms with Crippen molar-refractivity contribution in [2.75, 3.05) is 0 Å². The molecule has 0 bridgehead atoms. The summed E-state index contributed by atoms with van der Waals surface area (Å²) in [5.41, 5.74) is 1.37. The number of pyridine rings is 1. The van der Waals surface area contributed by atoms with E-state index in [1.807, 2.05) is 12.1 Å². The van der Waals surface area contributed by atoms with E-state index in [0.29, 0.717) is 5.75 Å². The number of ether oxygens (including phenoxy) is 2. The molecule has 0 radical (unpaired) electrons. The Balaban J connectivity index is 2.00. The summed E-state index contributed by atoms with van der Waals surface area (Å²) in [6.07, 6.45) is 4.31. The number of hydrogen-bond acceptors (Lipinski definition) is 5. The van der Waals surface area contributed by atoms with E-state index in [4.69, 9.17) is 9.47 Å². The number of benzene rings is 1. The first-order valence-electron chi connectivity index (χ1n) is 8.98. The second-order valence-electron chi connectivity index (χ2n) is 6.35. The van der Waals surface area contributed by atoms with Crippen molar-refractivity contribution < 1.29 is 19.1 Å². The highest BCUT2D eigenvalue weighted by Crippen LogP contribution is 2.16. The average molecular weight is 355 g/mol. The van der Waals surface area contributed by atoms with Gasteiger partial charge in [-0.2, -0.15) is 0 Å². The maximum atomic E-state index is 12.3. The first-order chi connectivity index (χ1) is 12.5. The molecule has 0 aliphatic heterocycles. The van der Waals surface area contributed by atoms with Crippen LogP contribution in [-0.2, 0) is 11.2 Å². The molecule has 1 heterocycles. The molecule has 1 aromatic carbocycles. The summed E-state index contributed by atoms with van der Waals surface area (Å²) in [5.74, 6) is -0.722.